The van der Waals surface area contributed by atoms with Crippen molar-refractivity contribution in [3.63, 3.8) is 0 Å². The van der Waals surface area contributed by atoms with Gasteiger partial charge in [-0.1, -0.05) is 23.2 Å². The number of piperidine rings is 1. The van der Waals surface area contributed by atoms with E-state index in [0.29, 0.717) is 60.4 Å². The Morgan fingerprint density at radius 2 is 1.72 bits per heavy atom. The molecule has 0 saturated carbocycles. The third-order valence-corrected chi connectivity index (χ3v) is 9.67. The first-order valence-corrected chi connectivity index (χ1v) is 15.9. The lowest BCUT2D eigenvalue weighted by atomic mass is 9.93. The molecule has 4 amide bonds. The molecule has 2 aliphatic heterocycles. The number of likely N-dealkylation sites (tertiary alicyclic amines) is 1. The van der Waals surface area contributed by atoms with Crippen molar-refractivity contribution >= 4 is 52.5 Å². The van der Waals surface area contributed by atoms with Gasteiger partial charge in [0.2, 0.25) is 5.91 Å². The standard InChI is InChI=1S/C32H36Cl2FN7O5/c1-39-24(22-6-7-25(47-3)28(35)27(22)34)17-37-29(39)30(44)38-20-4-5-21(23(33)16-20)32(46)41-12-10-40(11-13-41)31(45)19-8-14-42(2,15-9-19)18-26(36)43/h4-7,16-17,19H,8-15,18H2,1-3H3,(H2-,36,38,43,44,46)/p+1. The van der Waals surface area contributed by atoms with Crippen LogP contribution in [-0.2, 0) is 16.6 Å². The molecule has 0 atom stereocenters. The topological polar surface area (TPSA) is 140 Å². The molecule has 2 fully saturated rings. The minimum absolute atomic E-state index is 0.00264. The molecule has 0 unspecified atom stereocenters. The van der Waals surface area contributed by atoms with Crippen molar-refractivity contribution in [2.24, 2.45) is 18.7 Å². The van der Waals surface area contributed by atoms with Gasteiger partial charge >= 0.3 is 0 Å². The Kier molecular flexibility index (Phi) is 10.1. The van der Waals surface area contributed by atoms with Crippen LogP contribution in [0.2, 0.25) is 10.0 Å². The fourth-order valence-electron chi connectivity index (χ4n) is 6.24. The Hall–Kier alpha value is -4.20. The Labute approximate surface area is 281 Å². The largest absolute Gasteiger partial charge is 0.494 e. The van der Waals surface area contributed by atoms with E-state index in [1.54, 1.807) is 35.0 Å². The molecule has 0 radical (unpaired) electrons. The molecule has 47 heavy (non-hydrogen) atoms. The SMILES string of the molecule is COc1ccc(-c2cnc(C(=O)Nc3ccc(C(=O)N4CCN(C(=O)C5CC[N+](C)(CC(N)=O)CC5)CC4)c(Cl)c3)n2C)c(Cl)c1F. The van der Waals surface area contributed by atoms with Gasteiger partial charge < -0.3 is 34.6 Å². The minimum Gasteiger partial charge on any atom is -0.494 e. The fraction of sp³-hybridized carbons (Fsp3) is 0.406. The number of nitrogens with two attached hydrogens (primary N) is 1. The quantitative estimate of drug-likeness (QED) is 0.348. The van der Waals surface area contributed by atoms with Gasteiger partial charge in [-0.2, -0.15) is 0 Å². The number of hydrogen-bond donors (Lipinski definition) is 2. The van der Waals surface area contributed by atoms with Gasteiger partial charge in [0, 0.05) is 63.2 Å². The van der Waals surface area contributed by atoms with Crippen molar-refractivity contribution in [3.8, 4) is 17.0 Å². The van der Waals surface area contributed by atoms with Crippen LogP contribution < -0.4 is 15.8 Å². The molecule has 250 valence electrons. The molecule has 0 spiro atoms. The van der Waals surface area contributed by atoms with Crippen LogP contribution >= 0.6 is 23.2 Å². The highest BCUT2D eigenvalue weighted by atomic mass is 35.5. The highest BCUT2D eigenvalue weighted by Crippen LogP contribution is 2.35. The highest BCUT2D eigenvalue weighted by molar-refractivity contribution is 6.34. The molecule has 0 bridgehead atoms. The molecule has 3 heterocycles. The summed E-state index contributed by atoms with van der Waals surface area (Å²) >= 11 is 12.7. The van der Waals surface area contributed by atoms with E-state index in [0.717, 1.165) is 13.1 Å². The second-order valence-electron chi connectivity index (χ2n) is 12.2. The molecular weight excluding hydrogens is 652 g/mol. The lowest BCUT2D eigenvalue weighted by Gasteiger charge is -2.41. The summed E-state index contributed by atoms with van der Waals surface area (Å²) in [5, 5.41) is 2.73. The van der Waals surface area contributed by atoms with Crippen molar-refractivity contribution in [1.82, 2.24) is 19.4 Å². The number of aromatic nitrogens is 2. The van der Waals surface area contributed by atoms with E-state index in [1.165, 1.54) is 30.0 Å². The number of primary amides is 1. The smallest absolute Gasteiger partial charge is 0.291 e. The number of nitrogens with zero attached hydrogens (tertiary/aromatic N) is 5. The van der Waals surface area contributed by atoms with Crippen LogP contribution in [0.4, 0.5) is 10.1 Å². The van der Waals surface area contributed by atoms with Crippen LogP contribution in [0.15, 0.2) is 36.5 Å². The summed E-state index contributed by atoms with van der Waals surface area (Å²) < 4.78 is 21.5. The van der Waals surface area contributed by atoms with Crippen molar-refractivity contribution < 1.29 is 32.8 Å². The molecule has 1 aromatic heterocycles. The number of carbonyl (C=O) groups excluding carboxylic acids is 4. The normalized spacial score (nSPS) is 19.7. The second kappa shape index (κ2) is 13.9. The summed E-state index contributed by atoms with van der Waals surface area (Å²) in [6.45, 7) is 3.27. The van der Waals surface area contributed by atoms with E-state index in [1.807, 2.05) is 7.05 Å². The van der Waals surface area contributed by atoms with Crippen LogP contribution in [0.3, 0.4) is 0 Å². The van der Waals surface area contributed by atoms with Gasteiger partial charge in [0.05, 0.1) is 54.7 Å². The van der Waals surface area contributed by atoms with Crippen LogP contribution in [0.25, 0.3) is 11.3 Å². The van der Waals surface area contributed by atoms with Gasteiger partial charge in [-0.3, -0.25) is 19.2 Å². The first kappa shape index (κ1) is 34.1. The van der Waals surface area contributed by atoms with E-state index in [9.17, 15) is 23.6 Å². The van der Waals surface area contributed by atoms with Crippen LogP contribution in [-0.4, -0.2) is 107 Å². The number of imidazole rings is 1. The maximum absolute atomic E-state index is 14.5. The van der Waals surface area contributed by atoms with Gasteiger partial charge in [0.1, 0.15) is 0 Å². The van der Waals surface area contributed by atoms with Gasteiger partial charge in [0.15, 0.2) is 23.9 Å². The molecule has 2 aliphatic rings. The number of quaternary nitrogens is 1. The third kappa shape index (κ3) is 7.21. The number of benzene rings is 2. The third-order valence-electron chi connectivity index (χ3n) is 8.99. The number of likely N-dealkylation sites (N-methyl/N-ethyl adjacent to an activating group) is 1. The van der Waals surface area contributed by atoms with Crippen LogP contribution in [0.5, 0.6) is 5.75 Å². The zero-order chi connectivity index (χ0) is 34.0. The van der Waals surface area contributed by atoms with Crippen molar-refractivity contribution in [3.05, 3.63) is 63.8 Å². The lowest BCUT2D eigenvalue weighted by Crippen LogP contribution is -2.57. The molecule has 2 saturated heterocycles. The first-order valence-electron chi connectivity index (χ1n) is 15.2. The molecule has 3 N–H and O–H groups in total. The molecule has 15 heteroatoms. The maximum Gasteiger partial charge on any atom is 0.291 e. The van der Waals surface area contributed by atoms with Crippen molar-refractivity contribution in [2.45, 2.75) is 12.8 Å². The molecular formula is C32H37Cl2FN7O5+. The lowest BCUT2D eigenvalue weighted by molar-refractivity contribution is -0.907. The highest BCUT2D eigenvalue weighted by Gasteiger charge is 2.37. The van der Waals surface area contributed by atoms with E-state index < -0.39 is 11.7 Å². The number of nitrogens with one attached hydrogen (secondary N) is 1. The van der Waals surface area contributed by atoms with E-state index in [-0.39, 0.29) is 57.4 Å². The summed E-state index contributed by atoms with van der Waals surface area (Å²) in [4.78, 5) is 58.7. The number of carbonyl (C=O) groups is 4. The van der Waals surface area contributed by atoms with Crippen LogP contribution in [0.1, 0.15) is 33.8 Å². The number of anilines is 1. The number of rotatable bonds is 8. The van der Waals surface area contributed by atoms with E-state index in [4.69, 9.17) is 33.7 Å². The zero-order valence-corrected chi connectivity index (χ0v) is 27.9. The number of ether oxygens (including phenoxy) is 1. The average Bonchev–Trinajstić information content (AvgIpc) is 3.42. The van der Waals surface area contributed by atoms with Crippen molar-refractivity contribution in [2.75, 3.05) is 65.3 Å². The Morgan fingerprint density at radius 3 is 2.34 bits per heavy atom. The predicted molar refractivity (Wildman–Crippen MR) is 175 cm³/mol. The minimum atomic E-state index is -0.718. The average molecular weight is 690 g/mol. The summed E-state index contributed by atoms with van der Waals surface area (Å²) in [6.07, 6.45) is 2.80. The summed E-state index contributed by atoms with van der Waals surface area (Å²) in [5.41, 5.74) is 6.78. The summed E-state index contributed by atoms with van der Waals surface area (Å²) in [6, 6.07) is 7.63. The number of piperazine rings is 1. The number of amides is 4. The number of methoxy groups -OCH3 is 1. The fourth-order valence-corrected chi connectivity index (χ4v) is 6.76. The van der Waals surface area contributed by atoms with E-state index >= 15 is 0 Å². The van der Waals surface area contributed by atoms with E-state index in [2.05, 4.69) is 10.3 Å². The Balaban J connectivity index is 1.17. The first-order chi connectivity index (χ1) is 22.3. The summed E-state index contributed by atoms with van der Waals surface area (Å²) in [5.74, 6) is -1.85. The van der Waals surface area contributed by atoms with Gasteiger partial charge in [-0.05, 0) is 30.3 Å². The molecule has 12 nitrogen and oxygen atoms in total. The zero-order valence-electron chi connectivity index (χ0n) is 26.4. The predicted octanol–water partition coefficient (Wildman–Crippen LogP) is 3.42. The second-order valence-corrected chi connectivity index (χ2v) is 13.0. The van der Waals surface area contributed by atoms with Crippen LogP contribution in [0, 0.1) is 11.7 Å². The summed E-state index contributed by atoms with van der Waals surface area (Å²) in [7, 11) is 4.93. The number of hydrogen-bond acceptors (Lipinski definition) is 6. The monoisotopic (exact) mass is 688 g/mol. The number of halogens is 3. The molecule has 2 aromatic carbocycles. The maximum atomic E-state index is 14.5. The Morgan fingerprint density at radius 1 is 1.06 bits per heavy atom. The molecule has 3 aromatic rings. The van der Waals surface area contributed by atoms with Gasteiger partial charge in [-0.25, -0.2) is 9.37 Å². The molecule has 5 rings (SSSR count). The molecule has 0 aliphatic carbocycles. The van der Waals surface area contributed by atoms with Gasteiger partial charge in [-0.15, -0.1) is 0 Å². The van der Waals surface area contributed by atoms with Crippen molar-refractivity contribution in [1.29, 1.82) is 0 Å². The Bertz CT molecular complexity index is 1720. The van der Waals surface area contributed by atoms with Gasteiger partial charge in [0.25, 0.3) is 17.7 Å².